The molecule has 0 atom stereocenters. The average molecular weight is 431 g/mol. The number of carbonyl (C=O) groups excluding carboxylic acids is 1. The predicted octanol–water partition coefficient (Wildman–Crippen LogP) is 2.04. The minimum absolute atomic E-state index is 0.0488. The van der Waals surface area contributed by atoms with Crippen LogP contribution < -0.4 is 21.3 Å². The molecule has 0 saturated heterocycles. The van der Waals surface area contributed by atoms with Crippen LogP contribution in [0.2, 0.25) is 0 Å². The highest BCUT2D eigenvalue weighted by atomic mass is 16.5. The van der Waals surface area contributed by atoms with Crippen molar-refractivity contribution < 1.29 is 9.53 Å². The maximum absolute atomic E-state index is 13.2. The molecule has 0 spiro atoms. The number of fused-ring (bicyclic) bond motifs is 1. The molecule has 1 amide bonds. The van der Waals surface area contributed by atoms with Crippen LogP contribution >= 0.6 is 0 Å². The van der Waals surface area contributed by atoms with Gasteiger partial charge in [0, 0.05) is 24.3 Å². The lowest BCUT2D eigenvalue weighted by atomic mass is 10.2. The summed E-state index contributed by atoms with van der Waals surface area (Å²) in [5.74, 6) is 0.289. The smallest absolute Gasteiger partial charge is 0.332 e. The zero-order valence-corrected chi connectivity index (χ0v) is 17.4. The lowest BCUT2D eigenvalue weighted by Crippen LogP contribution is -2.42. The van der Waals surface area contributed by atoms with Crippen molar-refractivity contribution in [1.29, 1.82) is 0 Å². The van der Waals surface area contributed by atoms with Crippen molar-refractivity contribution in [1.82, 2.24) is 19.1 Å². The number of benzene rings is 1. The second kappa shape index (κ2) is 9.25. The van der Waals surface area contributed by atoms with Gasteiger partial charge in [0.1, 0.15) is 12.3 Å². The van der Waals surface area contributed by atoms with Crippen LogP contribution in [0.4, 0.5) is 5.69 Å². The fourth-order valence-corrected chi connectivity index (χ4v) is 3.35. The monoisotopic (exact) mass is 431 g/mol. The van der Waals surface area contributed by atoms with E-state index in [9.17, 15) is 14.4 Å². The van der Waals surface area contributed by atoms with E-state index in [1.54, 1.807) is 60.9 Å². The lowest BCUT2D eigenvalue weighted by Gasteiger charge is -2.14. The molecule has 0 unspecified atom stereocenters. The van der Waals surface area contributed by atoms with E-state index >= 15 is 0 Å². The van der Waals surface area contributed by atoms with E-state index in [1.165, 1.54) is 10.8 Å². The van der Waals surface area contributed by atoms with E-state index in [0.717, 1.165) is 10.1 Å². The van der Waals surface area contributed by atoms with Crippen LogP contribution in [-0.2, 0) is 17.9 Å². The first-order chi connectivity index (χ1) is 15.6. The van der Waals surface area contributed by atoms with Crippen molar-refractivity contribution in [3.63, 3.8) is 0 Å². The Labute approximate surface area is 182 Å². The summed E-state index contributed by atoms with van der Waals surface area (Å²) in [5.41, 5.74) is 0.629. The third-order valence-electron chi connectivity index (χ3n) is 4.83. The van der Waals surface area contributed by atoms with Gasteiger partial charge in [0.25, 0.3) is 5.56 Å². The molecule has 3 heterocycles. The fourth-order valence-electron chi connectivity index (χ4n) is 3.35. The predicted molar refractivity (Wildman–Crippen MR) is 120 cm³/mol. The molecule has 9 heteroatoms. The molecular formula is C23H21N5O4. The van der Waals surface area contributed by atoms with Gasteiger partial charge in [0.15, 0.2) is 5.52 Å². The second-order valence-electron chi connectivity index (χ2n) is 6.99. The number of pyridine rings is 2. The summed E-state index contributed by atoms with van der Waals surface area (Å²) in [4.78, 5) is 47.0. The largest absolute Gasteiger partial charge is 0.494 e. The number of amides is 1. The number of aromatic nitrogens is 4. The molecule has 32 heavy (non-hydrogen) atoms. The van der Waals surface area contributed by atoms with Gasteiger partial charge in [-0.3, -0.25) is 23.7 Å². The van der Waals surface area contributed by atoms with Gasteiger partial charge in [-0.25, -0.2) is 9.78 Å². The quantitative estimate of drug-likeness (QED) is 0.480. The summed E-state index contributed by atoms with van der Waals surface area (Å²) in [6, 6.07) is 13.6. The molecular weight excluding hydrogens is 410 g/mol. The van der Waals surface area contributed by atoms with Crippen LogP contribution in [0.1, 0.15) is 12.5 Å². The van der Waals surface area contributed by atoms with Gasteiger partial charge in [-0.1, -0.05) is 0 Å². The third-order valence-corrected chi connectivity index (χ3v) is 4.83. The zero-order valence-electron chi connectivity index (χ0n) is 17.4. The number of anilines is 1. The summed E-state index contributed by atoms with van der Waals surface area (Å²) in [6.07, 6.45) is 4.65. The Morgan fingerprint density at radius 2 is 1.75 bits per heavy atom. The first-order valence-electron chi connectivity index (χ1n) is 10.1. The molecule has 1 N–H and O–H groups in total. The highest BCUT2D eigenvalue weighted by molar-refractivity contribution is 5.91. The standard InChI is InChI=1S/C23H21N5O4/c1-2-32-18-7-5-17(6-8-18)26-20(29)15-27-19-4-3-11-25-21(19)22(30)28(23(27)31)14-16-9-12-24-13-10-16/h3-13H,2,14-15H2,1H3,(H,26,29). The third kappa shape index (κ3) is 4.41. The number of hydrogen-bond acceptors (Lipinski definition) is 6. The van der Waals surface area contributed by atoms with E-state index in [0.29, 0.717) is 23.6 Å². The number of rotatable bonds is 7. The normalized spacial score (nSPS) is 10.8. The van der Waals surface area contributed by atoms with Crippen LogP contribution in [-0.4, -0.2) is 31.6 Å². The maximum Gasteiger partial charge on any atom is 0.332 e. The van der Waals surface area contributed by atoms with Crippen LogP contribution in [0.25, 0.3) is 11.0 Å². The summed E-state index contributed by atoms with van der Waals surface area (Å²) >= 11 is 0. The molecule has 0 aliphatic carbocycles. The Morgan fingerprint density at radius 3 is 2.47 bits per heavy atom. The van der Waals surface area contributed by atoms with Gasteiger partial charge in [-0.15, -0.1) is 0 Å². The van der Waals surface area contributed by atoms with Gasteiger partial charge in [0.2, 0.25) is 5.91 Å². The van der Waals surface area contributed by atoms with Crippen LogP contribution in [0, 0.1) is 0 Å². The molecule has 0 radical (unpaired) electrons. The number of hydrogen-bond donors (Lipinski definition) is 1. The lowest BCUT2D eigenvalue weighted by molar-refractivity contribution is -0.116. The minimum Gasteiger partial charge on any atom is -0.494 e. The van der Waals surface area contributed by atoms with Gasteiger partial charge in [-0.05, 0) is 61.0 Å². The molecule has 9 nitrogen and oxygen atoms in total. The van der Waals surface area contributed by atoms with Crippen molar-refractivity contribution in [3.05, 3.63) is 93.5 Å². The van der Waals surface area contributed by atoms with Crippen molar-refractivity contribution in [2.24, 2.45) is 0 Å². The summed E-state index contributed by atoms with van der Waals surface area (Å²) in [7, 11) is 0. The van der Waals surface area contributed by atoms with Crippen LogP contribution in [0.15, 0.2) is 76.7 Å². The van der Waals surface area contributed by atoms with Gasteiger partial charge < -0.3 is 10.1 Å². The van der Waals surface area contributed by atoms with Crippen molar-refractivity contribution in [2.45, 2.75) is 20.0 Å². The molecule has 0 bridgehead atoms. The van der Waals surface area contributed by atoms with Gasteiger partial charge in [0.05, 0.1) is 18.7 Å². The van der Waals surface area contributed by atoms with Crippen molar-refractivity contribution >= 4 is 22.6 Å². The van der Waals surface area contributed by atoms with E-state index < -0.39 is 17.2 Å². The molecule has 0 aliphatic heterocycles. The molecule has 4 rings (SSSR count). The molecule has 3 aromatic heterocycles. The Balaban J connectivity index is 1.67. The molecule has 0 saturated carbocycles. The highest BCUT2D eigenvalue weighted by Crippen LogP contribution is 2.15. The number of nitrogens with one attached hydrogen (secondary N) is 1. The highest BCUT2D eigenvalue weighted by Gasteiger charge is 2.16. The van der Waals surface area contributed by atoms with Crippen LogP contribution in [0.5, 0.6) is 5.75 Å². The van der Waals surface area contributed by atoms with Crippen molar-refractivity contribution in [3.8, 4) is 5.75 Å². The molecule has 0 aliphatic rings. The Hall–Kier alpha value is -4.27. The van der Waals surface area contributed by atoms with Gasteiger partial charge in [-0.2, -0.15) is 0 Å². The Bertz CT molecular complexity index is 1360. The first-order valence-corrected chi connectivity index (χ1v) is 10.1. The van der Waals surface area contributed by atoms with Crippen LogP contribution in [0.3, 0.4) is 0 Å². The summed E-state index contributed by atoms with van der Waals surface area (Å²) < 4.78 is 7.73. The molecule has 0 fully saturated rings. The first kappa shape index (κ1) is 21.0. The van der Waals surface area contributed by atoms with Gasteiger partial charge >= 0.3 is 5.69 Å². The van der Waals surface area contributed by atoms with E-state index in [2.05, 4.69) is 15.3 Å². The van der Waals surface area contributed by atoms with E-state index in [-0.39, 0.29) is 18.6 Å². The van der Waals surface area contributed by atoms with E-state index in [4.69, 9.17) is 4.74 Å². The molecule has 4 aromatic rings. The second-order valence-corrected chi connectivity index (χ2v) is 6.99. The average Bonchev–Trinajstić information content (AvgIpc) is 2.81. The Morgan fingerprint density at radius 1 is 1.00 bits per heavy atom. The maximum atomic E-state index is 13.2. The van der Waals surface area contributed by atoms with Crippen molar-refractivity contribution in [2.75, 3.05) is 11.9 Å². The summed E-state index contributed by atoms with van der Waals surface area (Å²) in [5, 5.41) is 2.77. The minimum atomic E-state index is -0.589. The Kier molecular flexibility index (Phi) is 6.07. The zero-order chi connectivity index (χ0) is 22.5. The number of nitrogens with zero attached hydrogens (tertiary/aromatic N) is 4. The molecule has 1 aromatic carbocycles. The fraction of sp³-hybridized carbons (Fsp3) is 0.174. The summed E-state index contributed by atoms with van der Waals surface area (Å²) in [6.45, 7) is 2.21. The van der Waals surface area contributed by atoms with E-state index in [1.807, 2.05) is 6.92 Å². The number of ether oxygens (including phenoxy) is 1. The number of carbonyl (C=O) groups is 1. The molecule has 162 valence electrons. The topological polar surface area (TPSA) is 108 Å². The SMILES string of the molecule is CCOc1ccc(NC(=O)Cn2c(=O)n(Cc3ccncc3)c(=O)c3ncccc32)cc1.